The molecule has 0 spiro atoms. The molecule has 0 aromatic carbocycles. The first-order valence-electron chi connectivity index (χ1n) is 10.2. The van der Waals surface area contributed by atoms with E-state index < -0.39 is 5.69 Å². The predicted octanol–water partition coefficient (Wildman–Crippen LogP) is 0.715. The second kappa shape index (κ2) is 8.32. The molecule has 0 aliphatic carbocycles. The number of carbonyl (C=O) groups is 1. The van der Waals surface area contributed by atoms with Crippen molar-refractivity contribution >= 4 is 11.6 Å². The summed E-state index contributed by atoms with van der Waals surface area (Å²) in [6, 6.07) is 6.02. The molecule has 2 aromatic heterocycles. The molecule has 2 saturated heterocycles. The van der Waals surface area contributed by atoms with Gasteiger partial charge in [0.15, 0.2) is 0 Å². The van der Waals surface area contributed by atoms with Crippen molar-refractivity contribution in [3.8, 4) is 0 Å². The van der Waals surface area contributed by atoms with Crippen molar-refractivity contribution in [1.82, 2.24) is 24.3 Å². The van der Waals surface area contributed by atoms with E-state index in [1.165, 1.54) is 16.5 Å². The van der Waals surface area contributed by atoms with E-state index in [-0.39, 0.29) is 18.4 Å². The van der Waals surface area contributed by atoms with E-state index in [0.717, 1.165) is 44.0 Å². The molecule has 0 unspecified atom stereocenters. The monoisotopic (exact) mass is 396 g/mol. The number of pyridine rings is 1. The molecule has 4 heterocycles. The lowest BCUT2D eigenvalue weighted by Crippen LogP contribution is -2.44. The van der Waals surface area contributed by atoms with Crippen LogP contribution in [0.5, 0.6) is 0 Å². The van der Waals surface area contributed by atoms with Gasteiger partial charge in [-0.25, -0.2) is 9.78 Å². The number of hydrogen-bond donors (Lipinski definition) is 0. The maximum atomic E-state index is 12.7. The third-order valence-corrected chi connectivity index (χ3v) is 5.87. The predicted molar refractivity (Wildman–Crippen MR) is 111 cm³/mol. The second-order valence-electron chi connectivity index (χ2n) is 8.04. The number of amides is 1. The third-order valence-electron chi connectivity index (χ3n) is 5.87. The standard InChI is InChI=1S/C21H28N6O2/c1-16-12-18(25-10-8-24(2)9-11-25)13-19(23-16)17-4-7-26(14-17)20(28)15-27-6-3-5-22-21(27)29/h3,5-6,12-13,17H,4,7-11,14-15H2,1-2H3/t17-/m1/s1. The van der Waals surface area contributed by atoms with Crippen LogP contribution in [0.4, 0.5) is 5.69 Å². The maximum Gasteiger partial charge on any atom is 0.347 e. The van der Waals surface area contributed by atoms with Gasteiger partial charge in [0.2, 0.25) is 5.91 Å². The summed E-state index contributed by atoms with van der Waals surface area (Å²) in [5.41, 5.74) is 2.91. The topological polar surface area (TPSA) is 74.6 Å². The molecular formula is C21H28N6O2. The normalized spacial score (nSPS) is 20.3. The molecule has 1 amide bonds. The van der Waals surface area contributed by atoms with Gasteiger partial charge in [-0.1, -0.05) is 0 Å². The van der Waals surface area contributed by atoms with Crippen LogP contribution in [0.3, 0.4) is 0 Å². The Labute approximate surface area is 170 Å². The highest BCUT2D eigenvalue weighted by Gasteiger charge is 2.29. The molecule has 29 heavy (non-hydrogen) atoms. The van der Waals surface area contributed by atoms with Crippen LogP contribution in [0.1, 0.15) is 23.7 Å². The van der Waals surface area contributed by atoms with Crippen LogP contribution in [0.2, 0.25) is 0 Å². The number of likely N-dealkylation sites (tertiary alicyclic amines) is 1. The van der Waals surface area contributed by atoms with Gasteiger partial charge >= 0.3 is 5.69 Å². The van der Waals surface area contributed by atoms with Gasteiger partial charge < -0.3 is 14.7 Å². The zero-order valence-corrected chi connectivity index (χ0v) is 17.1. The Morgan fingerprint density at radius 1 is 1.17 bits per heavy atom. The van der Waals surface area contributed by atoms with Gasteiger partial charge in [0, 0.05) is 74.7 Å². The molecule has 0 radical (unpaired) electrons. The Hall–Kier alpha value is -2.74. The summed E-state index contributed by atoms with van der Waals surface area (Å²) in [6.45, 7) is 7.59. The first-order valence-corrected chi connectivity index (χ1v) is 10.2. The first-order chi connectivity index (χ1) is 14.0. The van der Waals surface area contributed by atoms with E-state index in [2.05, 4.69) is 34.0 Å². The quantitative estimate of drug-likeness (QED) is 0.758. The van der Waals surface area contributed by atoms with Gasteiger partial charge in [-0.2, -0.15) is 0 Å². The van der Waals surface area contributed by atoms with E-state index in [0.29, 0.717) is 13.1 Å². The molecule has 4 rings (SSSR count). The van der Waals surface area contributed by atoms with Gasteiger partial charge in [-0.15, -0.1) is 0 Å². The molecule has 2 aromatic rings. The average molecular weight is 396 g/mol. The second-order valence-corrected chi connectivity index (χ2v) is 8.04. The number of aryl methyl sites for hydroxylation is 1. The number of hydrogen-bond acceptors (Lipinski definition) is 6. The molecule has 2 aliphatic rings. The van der Waals surface area contributed by atoms with Gasteiger partial charge in [0.05, 0.1) is 0 Å². The van der Waals surface area contributed by atoms with Crippen LogP contribution >= 0.6 is 0 Å². The lowest BCUT2D eigenvalue weighted by atomic mass is 10.0. The average Bonchev–Trinajstić information content (AvgIpc) is 3.20. The Kier molecular flexibility index (Phi) is 5.62. The van der Waals surface area contributed by atoms with Gasteiger partial charge in [0.25, 0.3) is 0 Å². The Morgan fingerprint density at radius 2 is 1.97 bits per heavy atom. The largest absolute Gasteiger partial charge is 0.369 e. The Bertz CT molecular complexity index is 935. The summed E-state index contributed by atoms with van der Waals surface area (Å²) in [6.07, 6.45) is 3.94. The number of anilines is 1. The van der Waals surface area contributed by atoms with E-state index in [1.54, 1.807) is 12.3 Å². The summed E-state index contributed by atoms with van der Waals surface area (Å²) >= 11 is 0. The molecule has 1 atom stereocenters. The summed E-state index contributed by atoms with van der Waals surface area (Å²) < 4.78 is 1.35. The van der Waals surface area contributed by atoms with Crippen LogP contribution in [-0.2, 0) is 11.3 Å². The molecule has 8 heteroatoms. The number of aromatic nitrogens is 3. The molecule has 2 fully saturated rings. The minimum absolute atomic E-state index is 0.0349. The zero-order chi connectivity index (χ0) is 20.4. The Morgan fingerprint density at radius 3 is 2.72 bits per heavy atom. The van der Waals surface area contributed by atoms with Crippen LogP contribution in [-0.4, -0.2) is 76.6 Å². The summed E-state index contributed by atoms with van der Waals surface area (Å²) in [5, 5.41) is 0. The lowest BCUT2D eigenvalue weighted by Gasteiger charge is -2.34. The Balaban J connectivity index is 1.44. The number of rotatable bonds is 4. The van der Waals surface area contributed by atoms with Crippen molar-refractivity contribution < 1.29 is 4.79 Å². The summed E-state index contributed by atoms with van der Waals surface area (Å²) in [5.74, 6) is 0.185. The van der Waals surface area contributed by atoms with Crippen molar-refractivity contribution in [2.24, 2.45) is 0 Å². The molecule has 0 N–H and O–H groups in total. The van der Waals surface area contributed by atoms with Crippen LogP contribution in [0.25, 0.3) is 0 Å². The van der Waals surface area contributed by atoms with Gasteiger partial charge in [-0.05, 0) is 38.6 Å². The van der Waals surface area contributed by atoms with Crippen molar-refractivity contribution in [2.75, 3.05) is 51.2 Å². The fourth-order valence-electron chi connectivity index (χ4n) is 4.11. The molecule has 154 valence electrons. The highest BCUT2D eigenvalue weighted by molar-refractivity contribution is 5.76. The van der Waals surface area contributed by atoms with E-state index in [1.807, 2.05) is 11.8 Å². The highest BCUT2D eigenvalue weighted by atomic mass is 16.2. The molecular weight excluding hydrogens is 368 g/mol. The van der Waals surface area contributed by atoms with Gasteiger partial charge in [0.1, 0.15) is 6.54 Å². The van der Waals surface area contributed by atoms with Crippen molar-refractivity contribution in [2.45, 2.75) is 25.8 Å². The van der Waals surface area contributed by atoms with Crippen molar-refractivity contribution in [1.29, 1.82) is 0 Å². The van der Waals surface area contributed by atoms with Crippen LogP contribution < -0.4 is 10.6 Å². The minimum atomic E-state index is -0.395. The lowest BCUT2D eigenvalue weighted by molar-refractivity contribution is -0.130. The van der Waals surface area contributed by atoms with Crippen molar-refractivity contribution in [3.63, 3.8) is 0 Å². The summed E-state index contributed by atoms with van der Waals surface area (Å²) in [4.78, 5) is 39.5. The smallest absolute Gasteiger partial charge is 0.347 e. The van der Waals surface area contributed by atoms with E-state index in [4.69, 9.17) is 4.98 Å². The minimum Gasteiger partial charge on any atom is -0.369 e. The molecule has 0 saturated carbocycles. The van der Waals surface area contributed by atoms with Crippen LogP contribution in [0, 0.1) is 6.92 Å². The fraction of sp³-hybridized carbons (Fsp3) is 0.524. The van der Waals surface area contributed by atoms with E-state index >= 15 is 0 Å². The fourth-order valence-corrected chi connectivity index (χ4v) is 4.11. The molecule has 0 bridgehead atoms. The zero-order valence-electron chi connectivity index (χ0n) is 17.1. The van der Waals surface area contributed by atoms with E-state index in [9.17, 15) is 9.59 Å². The highest BCUT2D eigenvalue weighted by Crippen LogP contribution is 2.29. The first kappa shape index (κ1) is 19.6. The number of piperazine rings is 1. The SMILES string of the molecule is Cc1cc(N2CCN(C)CC2)cc([C@@H]2CCN(C(=O)Cn3cccnc3=O)C2)n1. The van der Waals surface area contributed by atoms with Crippen molar-refractivity contribution in [3.05, 3.63) is 52.5 Å². The number of nitrogens with zero attached hydrogens (tertiary/aromatic N) is 6. The third kappa shape index (κ3) is 4.48. The number of likely N-dealkylation sites (N-methyl/N-ethyl adjacent to an activating group) is 1. The number of carbonyl (C=O) groups excluding carboxylic acids is 1. The van der Waals surface area contributed by atoms with Gasteiger partial charge in [-0.3, -0.25) is 14.3 Å². The molecule has 8 nitrogen and oxygen atoms in total. The summed E-state index contributed by atoms with van der Waals surface area (Å²) in [7, 11) is 2.16. The molecule has 2 aliphatic heterocycles. The van der Waals surface area contributed by atoms with Crippen LogP contribution in [0.15, 0.2) is 35.4 Å². The maximum absolute atomic E-state index is 12.7.